The first-order chi connectivity index (χ1) is 10.2. The van der Waals surface area contributed by atoms with Crippen LogP contribution in [0.1, 0.15) is 69.6 Å². The van der Waals surface area contributed by atoms with E-state index in [1.807, 2.05) is 10.7 Å². The molecule has 1 aliphatic rings. The molecular formula is C16H26N4O2. The van der Waals surface area contributed by atoms with Crippen molar-refractivity contribution >= 4 is 11.8 Å². The van der Waals surface area contributed by atoms with Gasteiger partial charge >= 0.3 is 0 Å². The minimum atomic E-state index is -0.189. The minimum Gasteiger partial charge on any atom is -0.352 e. The van der Waals surface area contributed by atoms with E-state index in [9.17, 15) is 9.59 Å². The molecule has 1 saturated heterocycles. The third-order valence-electron chi connectivity index (χ3n) is 3.79. The highest BCUT2D eigenvalue weighted by Crippen LogP contribution is 2.23. The maximum absolute atomic E-state index is 12.3. The highest BCUT2D eigenvalue weighted by atomic mass is 16.2. The number of nitrogens with zero attached hydrogens (tertiary/aromatic N) is 2. The summed E-state index contributed by atoms with van der Waals surface area (Å²) in [7, 11) is 0. The van der Waals surface area contributed by atoms with Crippen molar-refractivity contribution in [3.05, 3.63) is 17.5 Å². The first-order valence-corrected chi connectivity index (χ1v) is 7.86. The Morgan fingerprint density at radius 3 is 2.64 bits per heavy atom. The maximum Gasteiger partial charge on any atom is 0.271 e. The van der Waals surface area contributed by atoms with Crippen LogP contribution in [-0.4, -0.2) is 34.2 Å². The molecule has 2 heterocycles. The van der Waals surface area contributed by atoms with Crippen LogP contribution in [0.4, 0.5) is 0 Å². The number of nitrogens with one attached hydrogen (secondary N) is 2. The molecule has 0 aliphatic carbocycles. The van der Waals surface area contributed by atoms with Crippen molar-refractivity contribution in [2.45, 2.75) is 65.0 Å². The Morgan fingerprint density at radius 2 is 2.18 bits per heavy atom. The van der Waals surface area contributed by atoms with E-state index in [1.165, 1.54) is 0 Å². The minimum absolute atomic E-state index is 0.0331. The van der Waals surface area contributed by atoms with Crippen molar-refractivity contribution in [2.75, 3.05) is 6.54 Å². The predicted molar refractivity (Wildman–Crippen MR) is 84.8 cm³/mol. The highest BCUT2D eigenvalue weighted by Gasteiger charge is 2.25. The molecule has 0 saturated carbocycles. The van der Waals surface area contributed by atoms with Crippen LogP contribution in [0.2, 0.25) is 0 Å². The van der Waals surface area contributed by atoms with Crippen LogP contribution in [0.3, 0.4) is 0 Å². The summed E-state index contributed by atoms with van der Waals surface area (Å²) in [4.78, 5) is 23.5. The first-order valence-electron chi connectivity index (χ1n) is 7.86. The number of amides is 2. The van der Waals surface area contributed by atoms with Crippen LogP contribution in [-0.2, 0) is 10.3 Å². The van der Waals surface area contributed by atoms with Gasteiger partial charge in [-0.1, -0.05) is 13.8 Å². The molecule has 0 aromatic carbocycles. The molecule has 2 amide bonds. The fraction of sp³-hybridized carbons (Fsp3) is 0.688. The molecule has 1 unspecified atom stereocenters. The second-order valence-corrected chi connectivity index (χ2v) is 7.20. The lowest BCUT2D eigenvalue weighted by Gasteiger charge is -2.23. The lowest BCUT2D eigenvalue weighted by molar-refractivity contribution is -0.119. The lowest BCUT2D eigenvalue weighted by atomic mass is 10.1. The molecule has 1 aromatic rings. The summed E-state index contributed by atoms with van der Waals surface area (Å²) in [5.41, 5.74) is 1.31. The van der Waals surface area contributed by atoms with Gasteiger partial charge in [-0.2, -0.15) is 5.10 Å². The van der Waals surface area contributed by atoms with Crippen molar-refractivity contribution < 1.29 is 9.59 Å². The molecule has 1 aromatic heterocycles. The molecular weight excluding hydrogens is 280 g/mol. The van der Waals surface area contributed by atoms with Crippen LogP contribution >= 0.6 is 0 Å². The van der Waals surface area contributed by atoms with E-state index in [-0.39, 0.29) is 23.4 Å². The largest absolute Gasteiger partial charge is 0.352 e. The van der Waals surface area contributed by atoms with Crippen LogP contribution in [0.15, 0.2) is 6.07 Å². The summed E-state index contributed by atoms with van der Waals surface area (Å²) < 4.78 is 1.92. The molecule has 6 heteroatoms. The quantitative estimate of drug-likeness (QED) is 0.890. The van der Waals surface area contributed by atoms with Crippen molar-refractivity contribution in [3.63, 3.8) is 0 Å². The number of carbonyl (C=O) groups excluding carboxylic acids is 2. The zero-order valence-electron chi connectivity index (χ0n) is 14.1. The second kappa shape index (κ2) is 6.10. The van der Waals surface area contributed by atoms with Gasteiger partial charge in [-0.15, -0.1) is 0 Å². The molecule has 1 aliphatic heterocycles. The van der Waals surface area contributed by atoms with E-state index < -0.39 is 0 Å². The predicted octanol–water partition coefficient (Wildman–Crippen LogP) is 1.77. The summed E-state index contributed by atoms with van der Waals surface area (Å²) in [6.07, 6.45) is 1.31. The summed E-state index contributed by atoms with van der Waals surface area (Å²) in [6.45, 7) is 10.8. The van der Waals surface area contributed by atoms with Crippen LogP contribution in [0.25, 0.3) is 0 Å². The normalized spacial score (nSPS) is 18.6. The number of hydrogen-bond donors (Lipinski definition) is 2. The zero-order chi connectivity index (χ0) is 16.5. The average molecular weight is 306 g/mol. The van der Waals surface area contributed by atoms with E-state index in [0.29, 0.717) is 24.6 Å². The molecule has 122 valence electrons. The van der Waals surface area contributed by atoms with Crippen molar-refractivity contribution in [2.24, 2.45) is 0 Å². The number of carbonyl (C=O) groups is 2. The molecule has 0 bridgehead atoms. The van der Waals surface area contributed by atoms with Crippen LogP contribution in [0.5, 0.6) is 0 Å². The van der Waals surface area contributed by atoms with Gasteiger partial charge in [0.2, 0.25) is 5.91 Å². The maximum atomic E-state index is 12.3. The van der Waals surface area contributed by atoms with Crippen molar-refractivity contribution in [3.8, 4) is 0 Å². The first kappa shape index (κ1) is 16.5. The van der Waals surface area contributed by atoms with Gasteiger partial charge in [0.15, 0.2) is 0 Å². The molecule has 1 fully saturated rings. The van der Waals surface area contributed by atoms with E-state index in [4.69, 9.17) is 0 Å². The highest BCUT2D eigenvalue weighted by molar-refractivity contribution is 5.92. The molecule has 22 heavy (non-hydrogen) atoms. The number of hydrogen-bond acceptors (Lipinski definition) is 3. The fourth-order valence-corrected chi connectivity index (χ4v) is 2.59. The monoisotopic (exact) mass is 306 g/mol. The zero-order valence-corrected chi connectivity index (χ0v) is 14.1. The fourth-order valence-electron chi connectivity index (χ4n) is 2.59. The van der Waals surface area contributed by atoms with Gasteiger partial charge in [0, 0.05) is 24.7 Å². The third kappa shape index (κ3) is 3.67. The molecule has 2 N–H and O–H groups in total. The third-order valence-corrected chi connectivity index (χ3v) is 3.79. The van der Waals surface area contributed by atoms with Crippen molar-refractivity contribution in [1.29, 1.82) is 0 Å². The van der Waals surface area contributed by atoms with Crippen LogP contribution < -0.4 is 10.6 Å². The van der Waals surface area contributed by atoms with Gasteiger partial charge in [-0.25, -0.2) is 0 Å². The molecule has 2 rings (SSSR count). The van der Waals surface area contributed by atoms with E-state index in [2.05, 4.69) is 50.4 Å². The Labute approximate surface area is 131 Å². The smallest absolute Gasteiger partial charge is 0.271 e. The molecule has 1 atom stereocenters. The van der Waals surface area contributed by atoms with Crippen LogP contribution in [0, 0.1) is 0 Å². The summed E-state index contributed by atoms with van der Waals surface area (Å²) in [5.74, 6) is 0.159. The van der Waals surface area contributed by atoms with E-state index >= 15 is 0 Å². The molecule has 0 radical (unpaired) electrons. The van der Waals surface area contributed by atoms with Gasteiger partial charge in [0.25, 0.3) is 5.91 Å². The van der Waals surface area contributed by atoms with Gasteiger partial charge in [0.05, 0.1) is 5.54 Å². The number of aromatic nitrogens is 2. The Bertz CT molecular complexity index is 569. The Kier molecular flexibility index (Phi) is 4.58. The van der Waals surface area contributed by atoms with Gasteiger partial charge in [0.1, 0.15) is 5.69 Å². The summed E-state index contributed by atoms with van der Waals surface area (Å²) in [6, 6.07) is 1.89. The van der Waals surface area contributed by atoms with E-state index in [1.54, 1.807) is 0 Å². The van der Waals surface area contributed by atoms with Gasteiger partial charge in [-0.3, -0.25) is 14.3 Å². The summed E-state index contributed by atoms with van der Waals surface area (Å²) in [5, 5.41) is 10.2. The average Bonchev–Trinajstić information content (AvgIpc) is 3.01. The SMILES string of the molecule is CC(C)c1cc(C(=O)NCC2CCC(=O)N2)nn1C(C)(C)C. The Morgan fingerprint density at radius 1 is 1.50 bits per heavy atom. The summed E-state index contributed by atoms with van der Waals surface area (Å²) >= 11 is 0. The standard InChI is InChI=1S/C16H26N4O2/c1-10(2)13-8-12(19-20(13)16(3,4)5)15(22)17-9-11-6-7-14(21)18-11/h8,10-11H,6-7,9H2,1-5H3,(H,17,22)(H,18,21). The second-order valence-electron chi connectivity index (χ2n) is 7.20. The topological polar surface area (TPSA) is 76.0 Å². The van der Waals surface area contributed by atoms with Gasteiger partial charge in [-0.05, 0) is 39.2 Å². The number of rotatable bonds is 4. The molecule has 0 spiro atoms. The Hall–Kier alpha value is -1.85. The Balaban J connectivity index is 2.08. The van der Waals surface area contributed by atoms with Crippen molar-refractivity contribution in [1.82, 2.24) is 20.4 Å². The van der Waals surface area contributed by atoms with E-state index in [0.717, 1.165) is 12.1 Å². The molecule has 6 nitrogen and oxygen atoms in total. The van der Waals surface area contributed by atoms with Gasteiger partial charge < -0.3 is 10.6 Å². The lowest BCUT2D eigenvalue weighted by Crippen LogP contribution is -2.38.